The maximum Gasteiger partial charge on any atom is 0.262 e. The lowest BCUT2D eigenvalue weighted by atomic mass is 10.2. The number of hydrogen-bond acceptors (Lipinski definition) is 2. The summed E-state index contributed by atoms with van der Waals surface area (Å²) < 4.78 is 18.1. The first-order valence-electron chi connectivity index (χ1n) is 6.44. The Balaban J connectivity index is 1.83. The van der Waals surface area contributed by atoms with E-state index < -0.39 is 0 Å². The largest absolute Gasteiger partial charge is 0.484 e. The number of carbonyl (C=O) groups excluding carboxylic acids is 1. The molecule has 0 radical (unpaired) electrons. The normalized spacial score (nSPS) is 10.1. The lowest BCUT2D eigenvalue weighted by Gasteiger charge is -2.08. The molecule has 20 heavy (non-hydrogen) atoms. The monoisotopic (exact) mass is 273 g/mol. The summed E-state index contributed by atoms with van der Waals surface area (Å²) >= 11 is 0. The van der Waals surface area contributed by atoms with Crippen LogP contribution in [-0.4, -0.2) is 12.5 Å². The fourth-order valence-electron chi connectivity index (χ4n) is 1.70. The van der Waals surface area contributed by atoms with Crippen LogP contribution in [0.2, 0.25) is 0 Å². The van der Waals surface area contributed by atoms with Crippen LogP contribution in [0.1, 0.15) is 12.5 Å². The molecule has 104 valence electrons. The Hall–Kier alpha value is -2.36. The predicted octanol–water partition coefficient (Wildman–Crippen LogP) is 3.41. The van der Waals surface area contributed by atoms with Crippen LogP contribution in [0, 0.1) is 5.82 Å². The molecular weight excluding hydrogens is 257 g/mol. The summed E-state index contributed by atoms with van der Waals surface area (Å²) in [4.78, 5) is 11.7. The summed E-state index contributed by atoms with van der Waals surface area (Å²) in [6.07, 6.45) is 0.964. The van der Waals surface area contributed by atoms with Crippen LogP contribution in [-0.2, 0) is 11.2 Å². The molecule has 0 aromatic heterocycles. The second-order valence-corrected chi connectivity index (χ2v) is 4.34. The summed E-state index contributed by atoms with van der Waals surface area (Å²) in [7, 11) is 0. The minimum Gasteiger partial charge on any atom is -0.484 e. The molecule has 1 N–H and O–H groups in total. The van der Waals surface area contributed by atoms with Crippen molar-refractivity contribution in [1.82, 2.24) is 0 Å². The molecule has 4 heteroatoms. The van der Waals surface area contributed by atoms with E-state index in [1.54, 1.807) is 0 Å². The topological polar surface area (TPSA) is 38.3 Å². The Bertz CT molecular complexity index is 564. The highest BCUT2D eigenvalue weighted by atomic mass is 19.1. The summed E-state index contributed by atoms with van der Waals surface area (Å²) in [6.45, 7) is 1.99. The first kappa shape index (κ1) is 14.1. The fourth-order valence-corrected chi connectivity index (χ4v) is 1.70. The summed E-state index contributed by atoms with van der Waals surface area (Å²) in [6, 6.07) is 13.2. The molecule has 0 heterocycles. The van der Waals surface area contributed by atoms with E-state index >= 15 is 0 Å². The van der Waals surface area contributed by atoms with E-state index in [1.807, 2.05) is 24.3 Å². The van der Waals surface area contributed by atoms with Gasteiger partial charge in [-0.2, -0.15) is 0 Å². The molecule has 3 nitrogen and oxygen atoms in total. The quantitative estimate of drug-likeness (QED) is 0.906. The van der Waals surface area contributed by atoms with E-state index in [4.69, 9.17) is 4.74 Å². The van der Waals surface area contributed by atoms with Crippen molar-refractivity contribution in [3.8, 4) is 5.75 Å². The minimum absolute atomic E-state index is 0.0805. The lowest BCUT2D eigenvalue weighted by Crippen LogP contribution is -2.20. The first-order chi connectivity index (χ1) is 9.67. The first-order valence-corrected chi connectivity index (χ1v) is 6.44. The van der Waals surface area contributed by atoms with Gasteiger partial charge in [0, 0.05) is 5.69 Å². The van der Waals surface area contributed by atoms with Crippen molar-refractivity contribution < 1.29 is 13.9 Å². The summed E-state index contributed by atoms with van der Waals surface area (Å²) in [5.74, 6) is 0.0305. The van der Waals surface area contributed by atoms with Crippen LogP contribution in [0.4, 0.5) is 10.1 Å². The smallest absolute Gasteiger partial charge is 0.262 e. The SMILES string of the molecule is CCc1ccc(OCC(=O)Nc2ccc(F)cc2)cc1. The molecule has 0 aliphatic heterocycles. The van der Waals surface area contributed by atoms with Gasteiger partial charge < -0.3 is 10.1 Å². The maximum atomic E-state index is 12.7. The van der Waals surface area contributed by atoms with Crippen LogP contribution in [0.5, 0.6) is 5.75 Å². The molecule has 0 fully saturated rings. The number of rotatable bonds is 5. The van der Waals surface area contributed by atoms with E-state index in [0.29, 0.717) is 11.4 Å². The van der Waals surface area contributed by atoms with Crippen molar-refractivity contribution in [2.24, 2.45) is 0 Å². The van der Waals surface area contributed by atoms with Crippen molar-refractivity contribution in [1.29, 1.82) is 0 Å². The second kappa shape index (κ2) is 6.70. The van der Waals surface area contributed by atoms with Gasteiger partial charge in [-0.3, -0.25) is 4.79 Å². The number of carbonyl (C=O) groups is 1. The standard InChI is InChI=1S/C16H16FNO2/c1-2-12-3-9-15(10-4-12)20-11-16(19)18-14-7-5-13(17)6-8-14/h3-10H,2,11H2,1H3,(H,18,19). The molecule has 2 rings (SSSR count). The van der Waals surface area contributed by atoms with Gasteiger partial charge in [0.25, 0.3) is 5.91 Å². The average molecular weight is 273 g/mol. The van der Waals surface area contributed by atoms with E-state index in [-0.39, 0.29) is 18.3 Å². The van der Waals surface area contributed by atoms with Gasteiger partial charge in [-0.25, -0.2) is 4.39 Å². The maximum absolute atomic E-state index is 12.7. The van der Waals surface area contributed by atoms with E-state index in [9.17, 15) is 9.18 Å². The number of nitrogens with one attached hydrogen (secondary N) is 1. The Morgan fingerprint density at radius 3 is 2.35 bits per heavy atom. The van der Waals surface area contributed by atoms with E-state index in [2.05, 4.69) is 12.2 Å². The Morgan fingerprint density at radius 1 is 1.10 bits per heavy atom. The van der Waals surface area contributed by atoms with Gasteiger partial charge in [0.05, 0.1) is 0 Å². The van der Waals surface area contributed by atoms with Gasteiger partial charge in [-0.05, 0) is 48.4 Å². The molecule has 2 aromatic rings. The molecular formula is C16H16FNO2. The van der Waals surface area contributed by atoms with Crippen molar-refractivity contribution in [2.75, 3.05) is 11.9 Å². The van der Waals surface area contributed by atoms with Gasteiger partial charge in [-0.15, -0.1) is 0 Å². The van der Waals surface area contributed by atoms with E-state index in [0.717, 1.165) is 6.42 Å². The highest BCUT2D eigenvalue weighted by Gasteiger charge is 2.04. The van der Waals surface area contributed by atoms with Crippen LogP contribution in [0.3, 0.4) is 0 Å². The highest BCUT2D eigenvalue weighted by molar-refractivity contribution is 5.91. The molecule has 1 amide bonds. The van der Waals surface area contributed by atoms with Crippen molar-refractivity contribution in [3.05, 3.63) is 59.9 Å². The molecule has 0 bridgehead atoms. The third-order valence-corrected chi connectivity index (χ3v) is 2.83. The average Bonchev–Trinajstić information content (AvgIpc) is 2.48. The van der Waals surface area contributed by atoms with Crippen LogP contribution < -0.4 is 10.1 Å². The Labute approximate surface area is 117 Å². The second-order valence-electron chi connectivity index (χ2n) is 4.34. The number of ether oxygens (including phenoxy) is 1. The molecule has 0 saturated heterocycles. The van der Waals surface area contributed by atoms with Crippen molar-refractivity contribution >= 4 is 11.6 Å². The van der Waals surface area contributed by atoms with Crippen LogP contribution in [0.15, 0.2) is 48.5 Å². The van der Waals surface area contributed by atoms with Crippen molar-refractivity contribution in [3.63, 3.8) is 0 Å². The van der Waals surface area contributed by atoms with Gasteiger partial charge in [0.15, 0.2) is 6.61 Å². The van der Waals surface area contributed by atoms with Gasteiger partial charge in [0.1, 0.15) is 11.6 Å². The molecule has 0 atom stereocenters. The van der Waals surface area contributed by atoms with Gasteiger partial charge >= 0.3 is 0 Å². The minimum atomic E-state index is -0.338. The third-order valence-electron chi connectivity index (χ3n) is 2.83. The highest BCUT2D eigenvalue weighted by Crippen LogP contribution is 2.13. The molecule has 0 aliphatic carbocycles. The van der Waals surface area contributed by atoms with Crippen molar-refractivity contribution in [2.45, 2.75) is 13.3 Å². The predicted molar refractivity (Wildman–Crippen MR) is 76.3 cm³/mol. The molecule has 0 unspecified atom stereocenters. The Morgan fingerprint density at radius 2 is 1.75 bits per heavy atom. The molecule has 0 spiro atoms. The number of benzene rings is 2. The van der Waals surface area contributed by atoms with Crippen LogP contribution >= 0.6 is 0 Å². The number of hydrogen-bond donors (Lipinski definition) is 1. The zero-order valence-electron chi connectivity index (χ0n) is 11.2. The number of anilines is 1. The number of aryl methyl sites for hydroxylation is 1. The zero-order valence-corrected chi connectivity index (χ0v) is 11.2. The Kier molecular flexibility index (Phi) is 4.71. The lowest BCUT2D eigenvalue weighted by molar-refractivity contribution is -0.118. The summed E-state index contributed by atoms with van der Waals surface area (Å²) in [5.41, 5.74) is 1.76. The van der Waals surface area contributed by atoms with E-state index in [1.165, 1.54) is 29.8 Å². The third kappa shape index (κ3) is 4.09. The summed E-state index contributed by atoms with van der Waals surface area (Å²) in [5, 5.41) is 2.63. The molecule has 2 aromatic carbocycles. The number of amides is 1. The fraction of sp³-hybridized carbons (Fsp3) is 0.188. The van der Waals surface area contributed by atoms with Gasteiger partial charge in [0.2, 0.25) is 0 Å². The van der Waals surface area contributed by atoms with Gasteiger partial charge in [-0.1, -0.05) is 19.1 Å². The zero-order chi connectivity index (χ0) is 14.4. The molecule has 0 saturated carbocycles. The molecule has 0 aliphatic rings. The van der Waals surface area contributed by atoms with Crippen LogP contribution in [0.25, 0.3) is 0 Å². The number of halogens is 1.